The average Bonchev–Trinajstić information content (AvgIpc) is 3.02. The van der Waals surface area contributed by atoms with Crippen molar-refractivity contribution in [2.45, 2.75) is 0 Å². The maximum Gasteiger partial charge on any atom is 0.278 e. The van der Waals surface area contributed by atoms with Crippen LogP contribution >= 0.6 is 11.6 Å². The van der Waals surface area contributed by atoms with Crippen LogP contribution < -0.4 is 5.48 Å². The first-order valence-corrected chi connectivity index (χ1v) is 7.31. The summed E-state index contributed by atoms with van der Waals surface area (Å²) in [5.74, 6) is -0.361. The lowest BCUT2D eigenvalue weighted by Crippen LogP contribution is -2.21. The van der Waals surface area contributed by atoms with E-state index >= 15 is 0 Å². The molecule has 1 N–H and O–H groups in total. The zero-order chi connectivity index (χ0) is 16.2. The van der Waals surface area contributed by atoms with E-state index in [0.29, 0.717) is 16.3 Å². The van der Waals surface area contributed by atoms with E-state index in [-0.39, 0.29) is 5.91 Å². The number of carbonyl (C=O) groups excluding carboxylic acids is 1. The third-order valence-electron chi connectivity index (χ3n) is 3.29. The summed E-state index contributed by atoms with van der Waals surface area (Å²) in [6.07, 6.45) is 1.67. The minimum Gasteiger partial charge on any atom is -0.277 e. The molecule has 0 saturated carbocycles. The van der Waals surface area contributed by atoms with Crippen LogP contribution in [0.3, 0.4) is 0 Å². The van der Waals surface area contributed by atoms with Gasteiger partial charge in [-0.1, -0.05) is 41.9 Å². The van der Waals surface area contributed by atoms with E-state index in [1.807, 2.05) is 42.5 Å². The third kappa shape index (κ3) is 3.26. The largest absolute Gasteiger partial charge is 0.278 e. The van der Waals surface area contributed by atoms with Crippen molar-refractivity contribution in [3.63, 3.8) is 0 Å². The van der Waals surface area contributed by atoms with Gasteiger partial charge in [-0.2, -0.15) is 5.10 Å². The highest BCUT2D eigenvalue weighted by Crippen LogP contribution is 2.25. The number of aromatic nitrogens is 2. The maximum atomic E-state index is 12.2. The second kappa shape index (κ2) is 6.64. The van der Waals surface area contributed by atoms with Gasteiger partial charge in [-0.15, -0.1) is 0 Å². The Hall–Kier alpha value is -2.63. The number of nitrogens with zero attached hydrogens (tertiary/aromatic N) is 2. The van der Waals surface area contributed by atoms with E-state index in [1.165, 1.54) is 7.11 Å². The molecule has 0 fully saturated rings. The predicted molar refractivity (Wildman–Crippen MR) is 88.5 cm³/mol. The fourth-order valence-corrected chi connectivity index (χ4v) is 2.35. The Morgan fingerprint density at radius 1 is 1.13 bits per heavy atom. The van der Waals surface area contributed by atoms with E-state index < -0.39 is 0 Å². The summed E-state index contributed by atoms with van der Waals surface area (Å²) < 4.78 is 1.66. The Morgan fingerprint density at radius 2 is 1.83 bits per heavy atom. The van der Waals surface area contributed by atoms with E-state index in [2.05, 4.69) is 10.6 Å². The minimum absolute atomic E-state index is 0.361. The molecule has 0 atom stereocenters. The predicted octanol–water partition coefficient (Wildman–Crippen LogP) is 3.48. The van der Waals surface area contributed by atoms with Crippen LogP contribution in [0.15, 0.2) is 60.8 Å². The highest BCUT2D eigenvalue weighted by Gasteiger charge is 2.18. The van der Waals surface area contributed by atoms with Crippen LogP contribution in [0.4, 0.5) is 0 Å². The quantitative estimate of drug-likeness (QED) is 0.746. The van der Waals surface area contributed by atoms with Gasteiger partial charge >= 0.3 is 0 Å². The number of hydrogen-bond acceptors (Lipinski definition) is 3. The molecule has 1 amide bonds. The summed E-state index contributed by atoms with van der Waals surface area (Å²) >= 11 is 5.93. The molecular weight excluding hydrogens is 314 g/mol. The molecule has 23 heavy (non-hydrogen) atoms. The van der Waals surface area contributed by atoms with Crippen molar-refractivity contribution < 1.29 is 9.63 Å². The summed E-state index contributed by atoms with van der Waals surface area (Å²) in [4.78, 5) is 17.0. The SMILES string of the molecule is CONC(=O)c1cn(-c2ccccc2)nc1-c1ccc(Cl)cc1. The lowest BCUT2D eigenvalue weighted by Gasteiger charge is -2.02. The molecule has 3 aromatic rings. The first kappa shape index (κ1) is 15.3. The second-order valence-corrected chi connectivity index (χ2v) is 5.25. The van der Waals surface area contributed by atoms with Crippen molar-refractivity contribution >= 4 is 17.5 Å². The van der Waals surface area contributed by atoms with Gasteiger partial charge in [-0.3, -0.25) is 9.63 Å². The molecule has 0 aliphatic rings. The van der Waals surface area contributed by atoms with E-state index in [9.17, 15) is 4.79 Å². The number of carbonyl (C=O) groups is 1. The third-order valence-corrected chi connectivity index (χ3v) is 3.54. The molecule has 0 aliphatic heterocycles. The fraction of sp³-hybridized carbons (Fsp3) is 0.0588. The van der Waals surface area contributed by atoms with Crippen LogP contribution in [0.2, 0.25) is 5.02 Å². The molecule has 0 spiro atoms. The first-order valence-electron chi connectivity index (χ1n) is 6.93. The number of para-hydroxylation sites is 1. The van der Waals surface area contributed by atoms with Crippen LogP contribution in [-0.2, 0) is 4.84 Å². The zero-order valence-electron chi connectivity index (χ0n) is 12.4. The molecule has 0 saturated heterocycles. The number of hydroxylamine groups is 1. The van der Waals surface area contributed by atoms with E-state index in [0.717, 1.165) is 11.3 Å². The van der Waals surface area contributed by atoms with Gasteiger partial charge in [-0.05, 0) is 24.3 Å². The normalized spacial score (nSPS) is 10.5. The van der Waals surface area contributed by atoms with Crippen molar-refractivity contribution in [1.82, 2.24) is 15.3 Å². The number of benzene rings is 2. The van der Waals surface area contributed by atoms with Gasteiger partial charge in [0.25, 0.3) is 5.91 Å². The van der Waals surface area contributed by atoms with Crippen molar-refractivity contribution in [2.75, 3.05) is 7.11 Å². The molecule has 0 unspecified atom stereocenters. The monoisotopic (exact) mass is 327 g/mol. The Bertz CT molecular complexity index is 814. The molecule has 6 heteroatoms. The van der Waals surface area contributed by atoms with Gasteiger partial charge < -0.3 is 0 Å². The summed E-state index contributed by atoms with van der Waals surface area (Å²) in [6, 6.07) is 16.7. The first-order chi connectivity index (χ1) is 11.2. The molecule has 3 rings (SSSR count). The Balaban J connectivity index is 2.10. The smallest absolute Gasteiger partial charge is 0.277 e. The molecule has 5 nitrogen and oxygen atoms in total. The van der Waals surface area contributed by atoms with Gasteiger partial charge in [0.15, 0.2) is 0 Å². The molecule has 1 aromatic heterocycles. The van der Waals surface area contributed by atoms with Crippen molar-refractivity contribution in [1.29, 1.82) is 0 Å². The summed E-state index contributed by atoms with van der Waals surface area (Å²) in [5, 5.41) is 5.17. The van der Waals surface area contributed by atoms with Crippen LogP contribution in [0.25, 0.3) is 16.9 Å². The van der Waals surface area contributed by atoms with Crippen molar-refractivity contribution in [3.8, 4) is 16.9 Å². The standard InChI is InChI=1S/C17H14ClN3O2/c1-23-20-17(22)15-11-21(14-5-3-2-4-6-14)19-16(15)12-7-9-13(18)10-8-12/h2-11H,1H3,(H,20,22). The number of amides is 1. The highest BCUT2D eigenvalue weighted by atomic mass is 35.5. The van der Waals surface area contributed by atoms with Crippen LogP contribution in [0, 0.1) is 0 Å². The topological polar surface area (TPSA) is 56.1 Å². The molecule has 1 heterocycles. The maximum absolute atomic E-state index is 12.2. The van der Waals surface area contributed by atoms with Crippen LogP contribution in [-0.4, -0.2) is 22.8 Å². The molecular formula is C17H14ClN3O2. The number of hydrogen-bond donors (Lipinski definition) is 1. The minimum atomic E-state index is -0.361. The molecule has 116 valence electrons. The summed E-state index contributed by atoms with van der Waals surface area (Å²) in [7, 11) is 1.39. The lowest BCUT2D eigenvalue weighted by atomic mass is 10.1. The average molecular weight is 328 g/mol. The summed E-state index contributed by atoms with van der Waals surface area (Å²) in [5.41, 5.74) is 4.96. The molecule has 0 radical (unpaired) electrons. The van der Waals surface area contributed by atoms with E-state index in [4.69, 9.17) is 16.4 Å². The zero-order valence-corrected chi connectivity index (χ0v) is 13.1. The van der Waals surface area contributed by atoms with Gasteiger partial charge in [0.2, 0.25) is 0 Å². The Kier molecular flexibility index (Phi) is 4.41. The number of nitrogens with one attached hydrogen (secondary N) is 1. The molecule has 0 aliphatic carbocycles. The van der Waals surface area contributed by atoms with E-state index in [1.54, 1.807) is 23.0 Å². The van der Waals surface area contributed by atoms with Crippen molar-refractivity contribution in [2.24, 2.45) is 0 Å². The number of rotatable bonds is 4. The second-order valence-electron chi connectivity index (χ2n) is 4.81. The highest BCUT2D eigenvalue weighted by molar-refractivity contribution is 6.30. The summed E-state index contributed by atoms with van der Waals surface area (Å²) in [6.45, 7) is 0. The Morgan fingerprint density at radius 3 is 2.48 bits per heavy atom. The van der Waals surface area contributed by atoms with Gasteiger partial charge in [-0.25, -0.2) is 10.2 Å². The lowest BCUT2D eigenvalue weighted by molar-refractivity contribution is 0.0538. The van der Waals surface area contributed by atoms with Crippen molar-refractivity contribution in [3.05, 3.63) is 71.4 Å². The van der Waals surface area contributed by atoms with Gasteiger partial charge in [0.05, 0.1) is 18.4 Å². The Labute approximate surface area is 138 Å². The van der Waals surface area contributed by atoms with Gasteiger partial charge in [0, 0.05) is 16.8 Å². The fourth-order valence-electron chi connectivity index (χ4n) is 2.22. The molecule has 0 bridgehead atoms. The van der Waals surface area contributed by atoms with Crippen LogP contribution in [0.5, 0.6) is 0 Å². The van der Waals surface area contributed by atoms with Crippen LogP contribution in [0.1, 0.15) is 10.4 Å². The van der Waals surface area contributed by atoms with Gasteiger partial charge in [0.1, 0.15) is 5.69 Å². The molecule has 2 aromatic carbocycles. The number of halogens is 1.